The molecule has 0 amide bonds. The van der Waals surface area contributed by atoms with Gasteiger partial charge in [0.05, 0.1) is 18.8 Å². The fraction of sp³-hybridized carbons (Fsp3) is 0.263. The summed E-state index contributed by atoms with van der Waals surface area (Å²) in [6.45, 7) is 5.49. The molecule has 0 atom stereocenters. The van der Waals surface area contributed by atoms with E-state index in [2.05, 4.69) is 58.0 Å². The van der Waals surface area contributed by atoms with Gasteiger partial charge in [-0.2, -0.15) is 0 Å². The Morgan fingerprint density at radius 2 is 1.85 bits per heavy atom. The standard InChI is InChI=1S/C19H22N4OS.HI/c1-13-4-6-15(7-5-13)18-23-16(12-24-18)10-21-19(20-3)22-11-17-14(2)8-9-25-17;/h4-9,12H,10-11H2,1-3H3,(H2,20,21,22);1H. The Hall–Kier alpha value is -1.87. The Balaban J connectivity index is 0.00000243. The average molecular weight is 482 g/mol. The van der Waals surface area contributed by atoms with Crippen molar-refractivity contribution in [3.05, 3.63) is 63.7 Å². The molecule has 0 saturated heterocycles. The second-order valence-corrected chi connectivity index (χ2v) is 6.82. The first-order chi connectivity index (χ1) is 12.2. The number of halogens is 1. The monoisotopic (exact) mass is 482 g/mol. The zero-order valence-corrected chi connectivity index (χ0v) is 18.2. The van der Waals surface area contributed by atoms with Crippen LogP contribution >= 0.6 is 35.3 Å². The van der Waals surface area contributed by atoms with Crippen LogP contribution in [0.2, 0.25) is 0 Å². The maximum atomic E-state index is 5.58. The molecule has 0 radical (unpaired) electrons. The van der Waals surface area contributed by atoms with Gasteiger partial charge >= 0.3 is 0 Å². The lowest BCUT2D eigenvalue weighted by Crippen LogP contribution is -2.36. The molecule has 0 unspecified atom stereocenters. The molecule has 1 aromatic carbocycles. The molecule has 0 aliphatic carbocycles. The molecule has 0 aliphatic heterocycles. The Morgan fingerprint density at radius 1 is 1.12 bits per heavy atom. The van der Waals surface area contributed by atoms with Crippen LogP contribution in [0, 0.1) is 13.8 Å². The van der Waals surface area contributed by atoms with Gasteiger partial charge in [-0.3, -0.25) is 4.99 Å². The first kappa shape index (κ1) is 20.4. The number of nitrogens with one attached hydrogen (secondary N) is 2. The first-order valence-electron chi connectivity index (χ1n) is 8.14. The van der Waals surface area contributed by atoms with Crippen LogP contribution in [-0.4, -0.2) is 18.0 Å². The minimum atomic E-state index is 0. The van der Waals surface area contributed by atoms with Crippen molar-refractivity contribution < 1.29 is 4.42 Å². The van der Waals surface area contributed by atoms with Crippen LogP contribution in [0.5, 0.6) is 0 Å². The SMILES string of the molecule is CN=C(NCc1coc(-c2ccc(C)cc2)n1)NCc1sccc1C.I. The predicted molar refractivity (Wildman–Crippen MR) is 118 cm³/mol. The van der Waals surface area contributed by atoms with Gasteiger partial charge in [0.2, 0.25) is 5.89 Å². The zero-order chi connectivity index (χ0) is 17.6. The lowest BCUT2D eigenvalue weighted by molar-refractivity contribution is 0.572. The quantitative estimate of drug-likeness (QED) is 0.319. The molecule has 0 spiro atoms. The van der Waals surface area contributed by atoms with Crippen molar-refractivity contribution in [2.45, 2.75) is 26.9 Å². The molecule has 138 valence electrons. The molecule has 0 bridgehead atoms. The second kappa shape index (κ2) is 9.72. The largest absolute Gasteiger partial charge is 0.444 e. The number of benzene rings is 1. The number of hydrogen-bond donors (Lipinski definition) is 2. The molecule has 7 heteroatoms. The molecule has 3 aromatic rings. The van der Waals surface area contributed by atoms with Gasteiger partial charge in [-0.1, -0.05) is 17.7 Å². The highest BCUT2D eigenvalue weighted by Gasteiger charge is 2.08. The van der Waals surface area contributed by atoms with Crippen molar-refractivity contribution in [1.82, 2.24) is 15.6 Å². The highest BCUT2D eigenvalue weighted by Crippen LogP contribution is 2.19. The molecule has 5 nitrogen and oxygen atoms in total. The molecule has 2 N–H and O–H groups in total. The van der Waals surface area contributed by atoms with Crippen LogP contribution < -0.4 is 10.6 Å². The van der Waals surface area contributed by atoms with E-state index < -0.39 is 0 Å². The first-order valence-corrected chi connectivity index (χ1v) is 9.02. The van der Waals surface area contributed by atoms with Crippen LogP contribution in [0.15, 0.2) is 51.4 Å². The smallest absolute Gasteiger partial charge is 0.226 e. The summed E-state index contributed by atoms with van der Waals surface area (Å²) in [5, 5.41) is 8.68. The van der Waals surface area contributed by atoms with Crippen LogP contribution in [0.4, 0.5) is 0 Å². The van der Waals surface area contributed by atoms with Gasteiger partial charge in [0.1, 0.15) is 6.26 Å². The van der Waals surface area contributed by atoms with Crippen molar-refractivity contribution in [2.24, 2.45) is 4.99 Å². The third-order valence-electron chi connectivity index (χ3n) is 3.90. The minimum absolute atomic E-state index is 0. The summed E-state index contributed by atoms with van der Waals surface area (Å²) in [6, 6.07) is 10.3. The molecular weight excluding hydrogens is 459 g/mol. The molecular formula is C19H23IN4OS. The fourth-order valence-electron chi connectivity index (χ4n) is 2.36. The summed E-state index contributed by atoms with van der Waals surface area (Å²) < 4.78 is 5.58. The highest BCUT2D eigenvalue weighted by atomic mass is 127. The third-order valence-corrected chi connectivity index (χ3v) is 4.92. The van der Waals surface area contributed by atoms with Crippen LogP contribution in [0.25, 0.3) is 11.5 Å². The van der Waals surface area contributed by atoms with Gasteiger partial charge < -0.3 is 15.1 Å². The van der Waals surface area contributed by atoms with Crippen LogP contribution in [0.3, 0.4) is 0 Å². The molecule has 3 rings (SSSR count). The van der Waals surface area contributed by atoms with Gasteiger partial charge in [-0.15, -0.1) is 35.3 Å². The molecule has 0 saturated carbocycles. The second-order valence-electron chi connectivity index (χ2n) is 5.82. The van der Waals surface area contributed by atoms with Gasteiger partial charge in [0.25, 0.3) is 0 Å². The lowest BCUT2D eigenvalue weighted by atomic mass is 10.1. The van der Waals surface area contributed by atoms with Crippen molar-refractivity contribution in [3.63, 3.8) is 0 Å². The summed E-state index contributed by atoms with van der Waals surface area (Å²) in [6.07, 6.45) is 1.68. The van der Waals surface area contributed by atoms with E-state index >= 15 is 0 Å². The summed E-state index contributed by atoms with van der Waals surface area (Å²) in [4.78, 5) is 10.1. The number of aryl methyl sites for hydroxylation is 2. The summed E-state index contributed by atoms with van der Waals surface area (Å²) >= 11 is 1.75. The summed E-state index contributed by atoms with van der Waals surface area (Å²) in [5.74, 6) is 1.38. The third kappa shape index (κ3) is 5.31. The van der Waals surface area contributed by atoms with E-state index in [1.54, 1.807) is 24.6 Å². The van der Waals surface area contributed by atoms with E-state index in [1.807, 2.05) is 12.1 Å². The van der Waals surface area contributed by atoms with Crippen molar-refractivity contribution >= 4 is 41.3 Å². The van der Waals surface area contributed by atoms with Gasteiger partial charge in [0, 0.05) is 17.5 Å². The number of hydrogen-bond acceptors (Lipinski definition) is 4. The van der Waals surface area contributed by atoms with Crippen molar-refractivity contribution in [1.29, 1.82) is 0 Å². The van der Waals surface area contributed by atoms with Gasteiger partial charge in [-0.05, 0) is 43.0 Å². The Bertz CT molecular complexity index is 855. The Morgan fingerprint density at radius 3 is 2.50 bits per heavy atom. The van der Waals surface area contributed by atoms with E-state index in [4.69, 9.17) is 4.42 Å². The maximum absolute atomic E-state index is 5.58. The van der Waals surface area contributed by atoms with Crippen LogP contribution in [-0.2, 0) is 13.1 Å². The van der Waals surface area contributed by atoms with E-state index in [0.29, 0.717) is 12.4 Å². The number of thiophene rings is 1. The minimum Gasteiger partial charge on any atom is -0.444 e. The number of guanidine groups is 1. The predicted octanol–water partition coefficient (Wildman–Crippen LogP) is 4.50. The highest BCUT2D eigenvalue weighted by molar-refractivity contribution is 14.0. The van der Waals surface area contributed by atoms with E-state index in [1.165, 1.54) is 16.0 Å². The van der Waals surface area contributed by atoms with Gasteiger partial charge in [-0.25, -0.2) is 4.98 Å². The molecule has 0 fully saturated rings. The topological polar surface area (TPSA) is 62.5 Å². The molecule has 2 aromatic heterocycles. The Kier molecular flexibility index (Phi) is 7.65. The normalized spacial score (nSPS) is 11.1. The van der Waals surface area contributed by atoms with E-state index in [-0.39, 0.29) is 24.0 Å². The lowest BCUT2D eigenvalue weighted by Gasteiger charge is -2.10. The average Bonchev–Trinajstić information content (AvgIpc) is 3.25. The number of aliphatic imine (C=N–C) groups is 1. The molecule has 26 heavy (non-hydrogen) atoms. The van der Waals surface area contributed by atoms with E-state index in [9.17, 15) is 0 Å². The Labute approximate surface area is 175 Å². The number of oxazole rings is 1. The van der Waals surface area contributed by atoms with Gasteiger partial charge in [0.15, 0.2) is 5.96 Å². The van der Waals surface area contributed by atoms with Crippen LogP contribution in [0.1, 0.15) is 21.7 Å². The molecule has 0 aliphatic rings. The van der Waals surface area contributed by atoms with Crippen molar-refractivity contribution in [2.75, 3.05) is 7.05 Å². The summed E-state index contributed by atoms with van der Waals surface area (Å²) in [5.41, 5.74) is 4.33. The van der Waals surface area contributed by atoms with E-state index in [0.717, 1.165) is 23.8 Å². The maximum Gasteiger partial charge on any atom is 0.226 e. The summed E-state index contributed by atoms with van der Waals surface area (Å²) in [7, 11) is 1.76. The fourth-order valence-corrected chi connectivity index (χ4v) is 3.21. The zero-order valence-electron chi connectivity index (χ0n) is 15.1. The molecule has 2 heterocycles. The number of aromatic nitrogens is 1. The number of rotatable bonds is 5. The number of nitrogens with zero attached hydrogens (tertiary/aromatic N) is 2. The van der Waals surface area contributed by atoms with Crippen molar-refractivity contribution in [3.8, 4) is 11.5 Å².